The van der Waals surface area contributed by atoms with Crippen LogP contribution in [0, 0.1) is 0 Å². The second kappa shape index (κ2) is 3.10. The second-order valence-electron chi connectivity index (χ2n) is 3.09. The first-order valence-corrected chi connectivity index (χ1v) is 4.76. The summed E-state index contributed by atoms with van der Waals surface area (Å²) in [5, 5.41) is 0.473. The zero-order valence-corrected chi connectivity index (χ0v) is 8.32. The highest BCUT2D eigenvalue weighted by molar-refractivity contribution is 6.29. The van der Waals surface area contributed by atoms with Crippen molar-refractivity contribution < 1.29 is 4.42 Å². The minimum Gasteiger partial charge on any atom is -0.443 e. The summed E-state index contributed by atoms with van der Waals surface area (Å²) in [6, 6.07) is 5.46. The molecule has 0 amide bonds. The zero-order valence-electron chi connectivity index (χ0n) is 7.57. The molecule has 3 heterocycles. The number of oxazole rings is 1. The molecule has 3 aromatic rings. The summed E-state index contributed by atoms with van der Waals surface area (Å²) in [5.74, 6) is 0.545. The third-order valence-corrected chi connectivity index (χ3v) is 2.31. The smallest absolute Gasteiger partial charge is 0.242 e. The molecule has 5 heteroatoms. The highest BCUT2D eigenvalue weighted by Gasteiger charge is 2.07. The van der Waals surface area contributed by atoms with Crippen LogP contribution in [-0.4, -0.2) is 15.0 Å². The van der Waals surface area contributed by atoms with Crippen LogP contribution in [0.4, 0.5) is 0 Å². The van der Waals surface area contributed by atoms with Gasteiger partial charge in [0.15, 0.2) is 0 Å². The zero-order chi connectivity index (χ0) is 10.3. The highest BCUT2D eigenvalue weighted by Crippen LogP contribution is 2.22. The Labute approximate surface area is 89.9 Å². The van der Waals surface area contributed by atoms with Crippen LogP contribution in [0.5, 0.6) is 0 Å². The molecular weight excluding hydrogens is 214 g/mol. The minimum atomic E-state index is 0.473. The Morgan fingerprint density at radius 1 is 1.33 bits per heavy atom. The number of nitrogens with zero attached hydrogens (tertiary/aromatic N) is 2. The number of fused-ring (bicyclic) bond motifs is 1. The molecule has 0 radical (unpaired) electrons. The molecule has 0 aromatic carbocycles. The van der Waals surface area contributed by atoms with Gasteiger partial charge in [0, 0.05) is 0 Å². The average molecular weight is 220 g/mol. The van der Waals surface area contributed by atoms with E-state index in [-0.39, 0.29) is 0 Å². The maximum absolute atomic E-state index is 5.79. The monoisotopic (exact) mass is 219 g/mol. The van der Waals surface area contributed by atoms with Crippen molar-refractivity contribution in [1.82, 2.24) is 15.0 Å². The lowest BCUT2D eigenvalue weighted by atomic mass is 10.4. The van der Waals surface area contributed by atoms with E-state index in [1.807, 2.05) is 12.1 Å². The number of aromatic nitrogens is 3. The molecule has 4 nitrogen and oxygen atoms in total. The van der Waals surface area contributed by atoms with E-state index >= 15 is 0 Å². The molecule has 1 N–H and O–H groups in total. The van der Waals surface area contributed by atoms with Gasteiger partial charge in [0.2, 0.25) is 5.89 Å². The molecule has 0 saturated heterocycles. The van der Waals surface area contributed by atoms with E-state index in [0.717, 1.165) is 16.7 Å². The molecule has 3 aromatic heterocycles. The van der Waals surface area contributed by atoms with Crippen LogP contribution in [0.2, 0.25) is 5.15 Å². The molecule has 0 aliphatic heterocycles. The molecule has 0 aliphatic carbocycles. The Bertz CT molecular complexity index is 600. The Hall–Kier alpha value is -1.81. The van der Waals surface area contributed by atoms with Crippen LogP contribution in [0.15, 0.2) is 35.1 Å². The number of nitrogens with one attached hydrogen (secondary N) is 1. The fraction of sp³-hybridized carbons (Fsp3) is 0. The van der Waals surface area contributed by atoms with Crippen LogP contribution in [-0.2, 0) is 0 Å². The van der Waals surface area contributed by atoms with Gasteiger partial charge in [-0.15, -0.1) is 0 Å². The lowest BCUT2D eigenvalue weighted by Crippen LogP contribution is -1.74. The van der Waals surface area contributed by atoms with Crippen molar-refractivity contribution in [1.29, 1.82) is 0 Å². The van der Waals surface area contributed by atoms with Gasteiger partial charge in [-0.25, -0.2) is 9.97 Å². The summed E-state index contributed by atoms with van der Waals surface area (Å²) in [5.41, 5.74) is 2.51. The van der Waals surface area contributed by atoms with Crippen molar-refractivity contribution in [2.24, 2.45) is 0 Å². The Balaban J connectivity index is 2.22. The van der Waals surface area contributed by atoms with E-state index in [4.69, 9.17) is 16.0 Å². The molecule has 74 valence electrons. The number of H-pyrrole nitrogens is 1. The Morgan fingerprint density at radius 2 is 2.27 bits per heavy atom. The van der Waals surface area contributed by atoms with Crippen LogP contribution in [0.25, 0.3) is 22.6 Å². The molecule has 15 heavy (non-hydrogen) atoms. The van der Waals surface area contributed by atoms with E-state index in [9.17, 15) is 0 Å². The number of hydrogen-bond donors (Lipinski definition) is 1. The van der Waals surface area contributed by atoms with Gasteiger partial charge in [0.05, 0.1) is 17.2 Å². The van der Waals surface area contributed by atoms with Gasteiger partial charge in [-0.2, -0.15) is 0 Å². The molecule has 0 atom stereocenters. The van der Waals surface area contributed by atoms with E-state index in [1.165, 1.54) is 6.26 Å². The van der Waals surface area contributed by atoms with Crippen molar-refractivity contribution >= 4 is 22.6 Å². The maximum Gasteiger partial charge on any atom is 0.242 e. The first kappa shape index (κ1) is 8.49. The highest BCUT2D eigenvalue weighted by atomic mass is 35.5. The van der Waals surface area contributed by atoms with Gasteiger partial charge in [-0.05, 0) is 18.2 Å². The fourth-order valence-electron chi connectivity index (χ4n) is 1.46. The van der Waals surface area contributed by atoms with Gasteiger partial charge in [0.25, 0.3) is 0 Å². The van der Waals surface area contributed by atoms with Gasteiger partial charge in [0.1, 0.15) is 17.1 Å². The van der Waals surface area contributed by atoms with Crippen LogP contribution < -0.4 is 0 Å². The fourth-order valence-corrected chi connectivity index (χ4v) is 1.61. The second-order valence-corrected chi connectivity index (χ2v) is 3.47. The quantitative estimate of drug-likeness (QED) is 0.641. The lowest BCUT2D eigenvalue weighted by Gasteiger charge is -1.88. The Morgan fingerprint density at radius 3 is 3.07 bits per heavy atom. The first-order chi connectivity index (χ1) is 7.33. The van der Waals surface area contributed by atoms with Crippen molar-refractivity contribution in [2.45, 2.75) is 0 Å². The normalized spacial score (nSPS) is 11.0. The Kier molecular flexibility index (Phi) is 1.76. The summed E-state index contributed by atoms with van der Waals surface area (Å²) in [7, 11) is 0. The van der Waals surface area contributed by atoms with Gasteiger partial charge in [-0.1, -0.05) is 11.6 Å². The molecule has 3 rings (SSSR count). The average Bonchev–Trinajstić information content (AvgIpc) is 2.84. The molecule has 0 saturated carbocycles. The largest absolute Gasteiger partial charge is 0.443 e. The van der Waals surface area contributed by atoms with Crippen LogP contribution >= 0.6 is 11.6 Å². The van der Waals surface area contributed by atoms with Crippen molar-refractivity contribution in [3.8, 4) is 11.6 Å². The van der Waals surface area contributed by atoms with E-state index in [1.54, 1.807) is 12.3 Å². The van der Waals surface area contributed by atoms with Crippen molar-refractivity contribution in [2.75, 3.05) is 0 Å². The predicted molar refractivity (Wildman–Crippen MR) is 56.6 cm³/mol. The summed E-state index contributed by atoms with van der Waals surface area (Å²) in [6.45, 7) is 0. The first-order valence-electron chi connectivity index (χ1n) is 4.38. The van der Waals surface area contributed by atoms with E-state index in [2.05, 4.69) is 15.0 Å². The van der Waals surface area contributed by atoms with Crippen molar-refractivity contribution in [3.63, 3.8) is 0 Å². The number of halogens is 1. The summed E-state index contributed by atoms with van der Waals surface area (Å²) >= 11 is 5.79. The summed E-state index contributed by atoms with van der Waals surface area (Å²) in [6.07, 6.45) is 3.13. The number of rotatable bonds is 1. The molecule has 0 bridgehead atoms. The third-order valence-electron chi connectivity index (χ3n) is 2.10. The molecule has 0 fully saturated rings. The predicted octanol–water partition coefficient (Wildman–Crippen LogP) is 2.87. The SMILES string of the molecule is Clc1ccc2[nH]c(-c3ncco3)cc2n1. The number of aromatic amines is 1. The third kappa shape index (κ3) is 1.39. The summed E-state index contributed by atoms with van der Waals surface area (Å²) < 4.78 is 5.18. The molecule has 0 aliphatic rings. The van der Waals surface area contributed by atoms with Crippen LogP contribution in [0.1, 0.15) is 0 Å². The van der Waals surface area contributed by atoms with Gasteiger partial charge in [-0.3, -0.25) is 0 Å². The van der Waals surface area contributed by atoms with E-state index in [0.29, 0.717) is 11.0 Å². The van der Waals surface area contributed by atoms with Crippen LogP contribution in [0.3, 0.4) is 0 Å². The van der Waals surface area contributed by atoms with Crippen molar-refractivity contribution in [3.05, 3.63) is 35.8 Å². The maximum atomic E-state index is 5.79. The lowest BCUT2D eigenvalue weighted by molar-refractivity contribution is 0.572. The standard InChI is InChI=1S/C10H6ClN3O/c11-9-2-1-6-7(14-9)5-8(13-6)10-12-3-4-15-10/h1-5,13H. The van der Waals surface area contributed by atoms with Gasteiger partial charge >= 0.3 is 0 Å². The molecular formula is C10H6ClN3O. The molecule has 0 spiro atoms. The number of pyridine rings is 1. The molecule has 0 unspecified atom stereocenters. The minimum absolute atomic E-state index is 0.473. The van der Waals surface area contributed by atoms with E-state index < -0.39 is 0 Å². The van der Waals surface area contributed by atoms with Gasteiger partial charge < -0.3 is 9.40 Å². The topological polar surface area (TPSA) is 54.7 Å². The summed E-state index contributed by atoms with van der Waals surface area (Å²) in [4.78, 5) is 11.4. The number of hydrogen-bond acceptors (Lipinski definition) is 3.